The van der Waals surface area contributed by atoms with Gasteiger partial charge in [-0.2, -0.15) is 0 Å². The average molecular weight is 451 g/mol. The lowest BCUT2D eigenvalue weighted by Gasteiger charge is -2.23. The fourth-order valence-electron chi connectivity index (χ4n) is 3.67. The monoisotopic (exact) mass is 450 g/mol. The van der Waals surface area contributed by atoms with Crippen LogP contribution in [-0.2, 0) is 6.42 Å². The van der Waals surface area contributed by atoms with Crippen molar-refractivity contribution in [1.29, 1.82) is 0 Å². The van der Waals surface area contributed by atoms with Crippen molar-refractivity contribution in [3.63, 3.8) is 0 Å². The Morgan fingerprint density at radius 2 is 1.55 bits per heavy atom. The Labute approximate surface area is 196 Å². The normalized spacial score (nSPS) is 12.2. The van der Waals surface area contributed by atoms with E-state index in [-0.39, 0.29) is 12.5 Å². The van der Waals surface area contributed by atoms with Crippen molar-refractivity contribution in [2.75, 3.05) is 20.8 Å². The van der Waals surface area contributed by atoms with Gasteiger partial charge in [0.2, 0.25) is 0 Å². The maximum absolute atomic E-state index is 10.6. The third kappa shape index (κ3) is 7.17. The highest BCUT2D eigenvalue weighted by Gasteiger charge is 2.22. The minimum Gasteiger partial charge on any atom is -0.496 e. The molecule has 0 aliphatic carbocycles. The highest BCUT2D eigenvalue weighted by Crippen LogP contribution is 2.29. The fraction of sp³-hybridized carbons (Fsp3) is 0.321. The molecule has 176 valence electrons. The Balaban J connectivity index is 0.000000294. The molecule has 2 atom stereocenters. The molecule has 3 aromatic rings. The largest absolute Gasteiger partial charge is 0.496 e. The summed E-state index contributed by atoms with van der Waals surface area (Å²) in [6.45, 7) is 5.88. The zero-order chi connectivity index (χ0) is 24.4. The number of hydrogen-bond donors (Lipinski definition) is 2. The molecule has 0 fully saturated rings. The second kappa shape index (κ2) is 12.8. The van der Waals surface area contributed by atoms with Crippen LogP contribution in [0.3, 0.4) is 0 Å². The first-order valence-corrected chi connectivity index (χ1v) is 10.9. The van der Waals surface area contributed by atoms with Crippen molar-refractivity contribution in [2.45, 2.75) is 33.3 Å². The SMILES string of the molecule is COc1cc(C=O)ccc1C.COc1ccc(C(O)C(CO)Cc2ccccc2C)cc1C. The van der Waals surface area contributed by atoms with Crippen LogP contribution >= 0.6 is 0 Å². The van der Waals surface area contributed by atoms with E-state index in [4.69, 9.17) is 9.47 Å². The van der Waals surface area contributed by atoms with E-state index < -0.39 is 6.10 Å². The lowest BCUT2D eigenvalue weighted by molar-refractivity contribution is 0.0667. The summed E-state index contributed by atoms with van der Waals surface area (Å²) >= 11 is 0. The van der Waals surface area contributed by atoms with E-state index in [0.717, 1.165) is 40.0 Å². The molecular weight excluding hydrogens is 416 g/mol. The quantitative estimate of drug-likeness (QED) is 0.472. The first-order valence-electron chi connectivity index (χ1n) is 10.9. The van der Waals surface area contributed by atoms with Gasteiger partial charge < -0.3 is 19.7 Å². The second-order valence-electron chi connectivity index (χ2n) is 8.09. The number of aliphatic hydroxyl groups excluding tert-OH is 2. The number of carbonyl (C=O) groups excluding carboxylic acids is 1. The van der Waals surface area contributed by atoms with Crippen molar-refractivity contribution >= 4 is 6.29 Å². The van der Waals surface area contributed by atoms with Crippen LogP contribution in [0.1, 0.15) is 44.3 Å². The van der Waals surface area contributed by atoms with Gasteiger partial charge in [-0.15, -0.1) is 0 Å². The van der Waals surface area contributed by atoms with Crippen LogP contribution in [-0.4, -0.2) is 37.3 Å². The van der Waals surface area contributed by atoms with Gasteiger partial charge in [-0.3, -0.25) is 4.79 Å². The number of aliphatic hydroxyl groups is 2. The molecule has 5 nitrogen and oxygen atoms in total. The zero-order valence-electron chi connectivity index (χ0n) is 20.0. The fourth-order valence-corrected chi connectivity index (χ4v) is 3.67. The van der Waals surface area contributed by atoms with E-state index in [2.05, 4.69) is 0 Å². The molecular formula is C28H34O5. The molecule has 0 heterocycles. The number of ether oxygens (including phenoxy) is 2. The van der Waals surface area contributed by atoms with Crippen molar-refractivity contribution in [1.82, 2.24) is 0 Å². The first kappa shape index (κ1) is 26.1. The lowest BCUT2D eigenvalue weighted by atomic mass is 9.88. The number of hydrogen-bond acceptors (Lipinski definition) is 5. The summed E-state index contributed by atoms with van der Waals surface area (Å²) in [6, 6.07) is 19.1. The highest BCUT2D eigenvalue weighted by atomic mass is 16.5. The third-order valence-electron chi connectivity index (χ3n) is 5.75. The standard InChI is InChI=1S/C19H24O3.C9H10O2/c1-13-6-4-5-7-15(13)11-17(12-20)19(21)16-8-9-18(22-3)14(2)10-16;1-7-3-4-8(6-10)5-9(7)11-2/h4-10,17,19-21H,11-12H2,1-3H3;3-6H,1-2H3. The summed E-state index contributed by atoms with van der Waals surface area (Å²) in [4.78, 5) is 10.3. The van der Waals surface area contributed by atoms with Gasteiger partial charge in [0.25, 0.3) is 0 Å². The number of aldehydes is 1. The van der Waals surface area contributed by atoms with Gasteiger partial charge in [-0.05, 0) is 73.2 Å². The zero-order valence-corrected chi connectivity index (χ0v) is 20.0. The third-order valence-corrected chi connectivity index (χ3v) is 5.75. The molecule has 2 N–H and O–H groups in total. The molecule has 0 spiro atoms. The summed E-state index contributed by atoms with van der Waals surface area (Å²) in [5.41, 5.74) is 5.81. The van der Waals surface area contributed by atoms with Crippen molar-refractivity contribution in [3.05, 3.63) is 94.0 Å². The molecule has 3 rings (SSSR count). The maximum Gasteiger partial charge on any atom is 0.150 e. The Kier molecular flexibility index (Phi) is 10.1. The van der Waals surface area contributed by atoms with Crippen LogP contribution in [0, 0.1) is 26.7 Å². The van der Waals surface area contributed by atoms with E-state index in [1.165, 1.54) is 5.56 Å². The van der Waals surface area contributed by atoms with Crippen molar-refractivity contribution < 1.29 is 24.5 Å². The van der Waals surface area contributed by atoms with E-state index in [0.29, 0.717) is 12.0 Å². The molecule has 2 unspecified atom stereocenters. The van der Waals surface area contributed by atoms with Crippen LogP contribution in [0.2, 0.25) is 0 Å². The number of aryl methyl sites for hydroxylation is 3. The minimum absolute atomic E-state index is 0.0550. The summed E-state index contributed by atoms with van der Waals surface area (Å²) in [5.74, 6) is 1.33. The summed E-state index contributed by atoms with van der Waals surface area (Å²) in [7, 11) is 3.23. The van der Waals surface area contributed by atoms with Crippen molar-refractivity contribution in [3.8, 4) is 11.5 Å². The van der Waals surface area contributed by atoms with Gasteiger partial charge in [0.05, 0.1) is 20.3 Å². The topological polar surface area (TPSA) is 76.0 Å². The van der Waals surface area contributed by atoms with Crippen molar-refractivity contribution in [2.24, 2.45) is 5.92 Å². The predicted octanol–water partition coefficient (Wildman–Crippen LogP) is 5.01. The Morgan fingerprint density at radius 1 is 0.848 bits per heavy atom. The summed E-state index contributed by atoms with van der Waals surface area (Å²) < 4.78 is 10.3. The number of rotatable bonds is 8. The number of benzene rings is 3. The molecule has 0 radical (unpaired) electrons. The van der Waals surface area contributed by atoms with Crippen LogP contribution < -0.4 is 9.47 Å². The first-order chi connectivity index (χ1) is 15.8. The summed E-state index contributed by atoms with van der Waals surface area (Å²) in [5, 5.41) is 20.3. The molecule has 0 aliphatic heterocycles. The lowest BCUT2D eigenvalue weighted by Crippen LogP contribution is -2.20. The predicted molar refractivity (Wildman–Crippen MR) is 131 cm³/mol. The Bertz CT molecular complexity index is 1040. The Hall–Kier alpha value is -3.15. The average Bonchev–Trinajstić information content (AvgIpc) is 2.83. The van der Waals surface area contributed by atoms with Gasteiger partial charge in [0, 0.05) is 18.1 Å². The van der Waals surface area contributed by atoms with E-state index in [1.54, 1.807) is 26.4 Å². The minimum atomic E-state index is -0.700. The van der Waals surface area contributed by atoms with E-state index in [9.17, 15) is 15.0 Å². The maximum atomic E-state index is 10.6. The van der Waals surface area contributed by atoms with Gasteiger partial charge in [-0.25, -0.2) is 0 Å². The van der Waals surface area contributed by atoms with E-state index in [1.807, 2.05) is 69.3 Å². The van der Waals surface area contributed by atoms with Crippen LogP contribution in [0.25, 0.3) is 0 Å². The Morgan fingerprint density at radius 3 is 2.12 bits per heavy atom. The van der Waals surface area contributed by atoms with Gasteiger partial charge >= 0.3 is 0 Å². The highest BCUT2D eigenvalue weighted by molar-refractivity contribution is 5.75. The number of carbonyl (C=O) groups is 1. The van der Waals surface area contributed by atoms with Gasteiger partial charge in [-0.1, -0.05) is 42.5 Å². The van der Waals surface area contributed by atoms with Gasteiger partial charge in [0.15, 0.2) is 0 Å². The molecule has 0 bridgehead atoms. The molecule has 0 amide bonds. The molecule has 0 aromatic heterocycles. The molecule has 3 aromatic carbocycles. The molecule has 0 saturated heterocycles. The number of methoxy groups -OCH3 is 2. The van der Waals surface area contributed by atoms with Crippen LogP contribution in [0.5, 0.6) is 11.5 Å². The second-order valence-corrected chi connectivity index (χ2v) is 8.09. The molecule has 0 saturated carbocycles. The van der Waals surface area contributed by atoms with E-state index >= 15 is 0 Å². The molecule has 0 aliphatic rings. The molecule has 33 heavy (non-hydrogen) atoms. The van der Waals surface area contributed by atoms with Crippen LogP contribution in [0.15, 0.2) is 60.7 Å². The van der Waals surface area contributed by atoms with Crippen LogP contribution in [0.4, 0.5) is 0 Å². The smallest absolute Gasteiger partial charge is 0.150 e. The summed E-state index contributed by atoms with van der Waals surface area (Å²) in [6.07, 6.45) is 0.756. The molecule has 5 heteroatoms. The van der Waals surface area contributed by atoms with Gasteiger partial charge in [0.1, 0.15) is 17.8 Å².